The van der Waals surface area contributed by atoms with Crippen LogP contribution in [0.3, 0.4) is 0 Å². The molecule has 0 amide bonds. The molecule has 3 aromatic rings. The van der Waals surface area contributed by atoms with E-state index in [0.29, 0.717) is 12.7 Å². The van der Waals surface area contributed by atoms with Gasteiger partial charge in [-0.2, -0.15) is 5.10 Å². The molecular weight excluding hydrogens is 374 g/mol. The molecule has 0 aromatic carbocycles. The summed E-state index contributed by atoms with van der Waals surface area (Å²) in [6.07, 6.45) is 5.95. The van der Waals surface area contributed by atoms with Crippen molar-refractivity contribution >= 4 is 23.6 Å². The van der Waals surface area contributed by atoms with Crippen LogP contribution in [0.15, 0.2) is 42.0 Å². The van der Waals surface area contributed by atoms with Crippen LogP contribution in [0.2, 0.25) is 0 Å². The highest BCUT2D eigenvalue weighted by Crippen LogP contribution is 2.39. The molecule has 5 nitrogen and oxygen atoms in total. The van der Waals surface area contributed by atoms with Crippen LogP contribution in [-0.4, -0.2) is 19.3 Å². The van der Waals surface area contributed by atoms with Gasteiger partial charge in [-0.05, 0) is 54.1 Å². The van der Waals surface area contributed by atoms with Gasteiger partial charge < -0.3 is 0 Å². The van der Waals surface area contributed by atoms with Crippen LogP contribution < -0.4 is 5.32 Å². The van der Waals surface area contributed by atoms with Crippen LogP contribution in [0.4, 0.5) is 0 Å². The fourth-order valence-electron chi connectivity index (χ4n) is 3.35. The zero-order chi connectivity index (χ0) is 19.0. The quantitative estimate of drug-likeness (QED) is 0.578. The smallest absolute Gasteiger partial charge is 0.199 e. The molecule has 4 rings (SSSR count). The average molecular weight is 400 g/mol. The van der Waals surface area contributed by atoms with Crippen LogP contribution in [0, 0.1) is 10.2 Å². The monoisotopic (exact) mass is 399 g/mol. The summed E-state index contributed by atoms with van der Waals surface area (Å²) in [5, 5.41) is 10.7. The highest BCUT2D eigenvalue weighted by Gasteiger charge is 2.30. The summed E-state index contributed by atoms with van der Waals surface area (Å²) in [7, 11) is 0. The molecule has 1 aliphatic rings. The lowest BCUT2D eigenvalue weighted by Gasteiger charge is -2.30. The van der Waals surface area contributed by atoms with E-state index >= 15 is 0 Å². The molecule has 7 heteroatoms. The number of pyridine rings is 1. The van der Waals surface area contributed by atoms with E-state index in [1.54, 1.807) is 23.7 Å². The van der Waals surface area contributed by atoms with E-state index in [1.807, 2.05) is 16.8 Å². The SMILES string of the molecule is CC(C)(C)C(NCn1nc(-c2ccncc2)n(C2CC2)c1=S)c1cccs1. The molecular formula is C20H25N5S2. The molecule has 3 aromatic heterocycles. The summed E-state index contributed by atoms with van der Waals surface area (Å²) in [4.78, 5) is 5.46. The van der Waals surface area contributed by atoms with Gasteiger partial charge in [0.1, 0.15) is 0 Å². The maximum absolute atomic E-state index is 5.78. The molecule has 0 radical (unpaired) electrons. The van der Waals surface area contributed by atoms with Gasteiger partial charge in [-0.25, -0.2) is 4.68 Å². The molecule has 1 aliphatic carbocycles. The van der Waals surface area contributed by atoms with Crippen molar-refractivity contribution in [3.8, 4) is 11.4 Å². The zero-order valence-electron chi connectivity index (χ0n) is 15.9. The minimum absolute atomic E-state index is 0.0972. The Morgan fingerprint density at radius 3 is 2.59 bits per heavy atom. The molecule has 3 heterocycles. The van der Waals surface area contributed by atoms with Gasteiger partial charge in [-0.15, -0.1) is 11.3 Å². The van der Waals surface area contributed by atoms with E-state index in [0.717, 1.165) is 16.2 Å². The Morgan fingerprint density at radius 1 is 1.26 bits per heavy atom. The maximum Gasteiger partial charge on any atom is 0.199 e. The van der Waals surface area contributed by atoms with Crippen LogP contribution in [-0.2, 0) is 6.67 Å². The normalized spacial score (nSPS) is 15.8. The van der Waals surface area contributed by atoms with Crippen molar-refractivity contribution in [2.45, 2.75) is 52.4 Å². The Kier molecular flexibility index (Phi) is 5.01. The number of nitrogens with zero attached hydrogens (tertiary/aromatic N) is 4. The molecule has 1 N–H and O–H groups in total. The summed E-state index contributed by atoms with van der Waals surface area (Å²) in [6.45, 7) is 7.37. The van der Waals surface area contributed by atoms with Crippen LogP contribution >= 0.6 is 23.6 Å². The topological polar surface area (TPSA) is 47.7 Å². The van der Waals surface area contributed by atoms with E-state index < -0.39 is 0 Å². The van der Waals surface area contributed by atoms with Gasteiger partial charge >= 0.3 is 0 Å². The second-order valence-corrected chi connectivity index (χ2v) is 9.46. The third kappa shape index (κ3) is 3.90. The predicted molar refractivity (Wildman–Crippen MR) is 112 cm³/mol. The van der Waals surface area contributed by atoms with E-state index in [-0.39, 0.29) is 11.5 Å². The number of thiophene rings is 1. The number of nitrogens with one attached hydrogen (secondary N) is 1. The van der Waals surface area contributed by atoms with Crippen molar-refractivity contribution in [3.05, 3.63) is 51.7 Å². The molecule has 1 fully saturated rings. The number of hydrogen-bond acceptors (Lipinski definition) is 5. The number of rotatable bonds is 6. The molecule has 1 saturated carbocycles. The molecule has 27 heavy (non-hydrogen) atoms. The summed E-state index contributed by atoms with van der Waals surface area (Å²) < 4.78 is 4.93. The van der Waals surface area contributed by atoms with Crippen molar-refractivity contribution in [3.63, 3.8) is 0 Å². The van der Waals surface area contributed by atoms with Crippen molar-refractivity contribution in [1.29, 1.82) is 0 Å². The van der Waals surface area contributed by atoms with Crippen molar-refractivity contribution < 1.29 is 0 Å². The largest absolute Gasteiger partial charge is 0.297 e. The third-order valence-electron chi connectivity index (χ3n) is 4.86. The summed E-state index contributed by atoms with van der Waals surface area (Å²) in [6, 6.07) is 9.02. The Morgan fingerprint density at radius 2 is 2.00 bits per heavy atom. The predicted octanol–water partition coefficient (Wildman–Crippen LogP) is 5.21. The van der Waals surface area contributed by atoms with E-state index in [2.05, 4.69) is 53.2 Å². The Bertz CT molecular complexity index is 947. The van der Waals surface area contributed by atoms with Crippen molar-refractivity contribution in [2.24, 2.45) is 5.41 Å². The lowest BCUT2D eigenvalue weighted by molar-refractivity contribution is 0.255. The minimum atomic E-state index is 0.0972. The van der Waals surface area contributed by atoms with E-state index in [4.69, 9.17) is 17.3 Å². The van der Waals surface area contributed by atoms with Crippen LogP contribution in [0.25, 0.3) is 11.4 Å². The second-order valence-electron chi connectivity index (χ2n) is 8.12. The molecule has 1 unspecified atom stereocenters. The number of hydrogen-bond donors (Lipinski definition) is 1. The maximum atomic E-state index is 5.78. The first kappa shape index (κ1) is 18.5. The third-order valence-corrected chi connectivity index (χ3v) is 6.20. The van der Waals surface area contributed by atoms with Gasteiger partial charge in [-0.3, -0.25) is 14.9 Å². The van der Waals surface area contributed by atoms with Gasteiger partial charge in [-0.1, -0.05) is 26.8 Å². The molecule has 142 valence electrons. The second kappa shape index (κ2) is 7.30. The average Bonchev–Trinajstić information content (AvgIpc) is 3.22. The van der Waals surface area contributed by atoms with Gasteiger partial charge in [0, 0.05) is 34.9 Å². The Balaban J connectivity index is 1.64. The molecule has 1 atom stereocenters. The molecule has 0 saturated heterocycles. The van der Waals surface area contributed by atoms with E-state index in [1.165, 1.54) is 17.7 Å². The highest BCUT2D eigenvalue weighted by molar-refractivity contribution is 7.71. The van der Waals surface area contributed by atoms with Crippen molar-refractivity contribution in [1.82, 2.24) is 24.6 Å². The highest BCUT2D eigenvalue weighted by atomic mass is 32.1. The van der Waals surface area contributed by atoms with Gasteiger partial charge in [0.15, 0.2) is 10.6 Å². The standard InChI is InChI=1S/C20H25N5S2/c1-20(2,3)17(16-5-4-12-27-16)22-13-24-19(26)25(15-6-7-15)18(23-24)14-8-10-21-11-9-14/h4-5,8-12,15,17,22H,6-7,13H2,1-3H3. The summed E-state index contributed by atoms with van der Waals surface area (Å²) >= 11 is 7.57. The van der Waals surface area contributed by atoms with E-state index in [9.17, 15) is 0 Å². The first-order valence-electron chi connectivity index (χ1n) is 9.31. The lowest BCUT2D eigenvalue weighted by atomic mass is 9.86. The zero-order valence-corrected chi connectivity index (χ0v) is 17.6. The van der Waals surface area contributed by atoms with Gasteiger partial charge in [0.05, 0.1) is 6.67 Å². The van der Waals surface area contributed by atoms with Crippen LogP contribution in [0.1, 0.15) is 50.6 Å². The van der Waals surface area contributed by atoms with Gasteiger partial charge in [0.2, 0.25) is 0 Å². The Labute approximate surface area is 169 Å². The molecule has 0 bridgehead atoms. The van der Waals surface area contributed by atoms with Crippen molar-refractivity contribution in [2.75, 3.05) is 0 Å². The molecule has 0 aliphatic heterocycles. The Hall–Kier alpha value is -1.83. The first-order chi connectivity index (χ1) is 12.9. The fourth-order valence-corrected chi connectivity index (χ4v) is 4.74. The lowest BCUT2D eigenvalue weighted by Crippen LogP contribution is -2.33. The fraction of sp³-hybridized carbons (Fsp3) is 0.450. The number of aromatic nitrogens is 4. The van der Waals surface area contributed by atoms with Gasteiger partial charge in [0.25, 0.3) is 0 Å². The van der Waals surface area contributed by atoms with Crippen LogP contribution in [0.5, 0.6) is 0 Å². The summed E-state index contributed by atoms with van der Waals surface area (Å²) in [5.41, 5.74) is 1.16. The summed E-state index contributed by atoms with van der Waals surface area (Å²) in [5.74, 6) is 0.940. The minimum Gasteiger partial charge on any atom is -0.297 e. The first-order valence-corrected chi connectivity index (χ1v) is 10.6. The molecule has 0 spiro atoms.